The van der Waals surface area contributed by atoms with Crippen molar-refractivity contribution in [2.24, 2.45) is 11.8 Å². The molecule has 1 aliphatic heterocycles. The number of carbonyl (C=O) groups is 1. The molecular formula is C25H41ClN2O2. The Morgan fingerprint density at radius 3 is 2.30 bits per heavy atom. The van der Waals surface area contributed by atoms with Crippen LogP contribution in [0.1, 0.15) is 64.4 Å². The predicted octanol–water partition coefficient (Wildman–Crippen LogP) is 5.19. The zero-order valence-electron chi connectivity index (χ0n) is 19.1. The smallest absolute Gasteiger partial charge is 0.225 e. The Morgan fingerprint density at radius 1 is 1.10 bits per heavy atom. The minimum Gasteiger partial charge on any atom is -0.497 e. The molecule has 1 atom stereocenters. The molecule has 1 aromatic rings. The van der Waals surface area contributed by atoms with Crippen molar-refractivity contribution in [3.8, 4) is 5.75 Å². The molecule has 1 saturated carbocycles. The molecule has 1 heterocycles. The molecule has 0 unspecified atom stereocenters. The van der Waals surface area contributed by atoms with E-state index in [-0.39, 0.29) is 12.4 Å². The number of likely N-dealkylation sites (N-methyl/N-ethyl adjacent to an activating group) is 1. The average Bonchev–Trinajstić information content (AvgIpc) is 2.78. The highest BCUT2D eigenvalue weighted by atomic mass is 35.5. The van der Waals surface area contributed by atoms with Gasteiger partial charge in [-0.15, -0.1) is 12.4 Å². The molecule has 0 N–H and O–H groups in total. The van der Waals surface area contributed by atoms with Crippen molar-refractivity contribution in [2.75, 3.05) is 33.3 Å². The molecule has 170 valence electrons. The van der Waals surface area contributed by atoms with E-state index in [0.29, 0.717) is 23.8 Å². The molecule has 2 fully saturated rings. The van der Waals surface area contributed by atoms with Gasteiger partial charge in [0.15, 0.2) is 0 Å². The maximum Gasteiger partial charge on any atom is 0.225 e. The number of ether oxygens (including phenoxy) is 1. The number of hydrogen-bond donors (Lipinski definition) is 0. The fraction of sp³-hybridized carbons (Fsp3) is 0.720. The summed E-state index contributed by atoms with van der Waals surface area (Å²) in [5.74, 6) is 2.40. The van der Waals surface area contributed by atoms with Crippen molar-refractivity contribution >= 4 is 18.3 Å². The molecule has 2 aliphatic rings. The normalized spacial score (nSPS) is 19.4. The van der Waals surface area contributed by atoms with Gasteiger partial charge in [-0.1, -0.05) is 38.3 Å². The van der Waals surface area contributed by atoms with Crippen molar-refractivity contribution in [1.29, 1.82) is 0 Å². The van der Waals surface area contributed by atoms with E-state index in [1.54, 1.807) is 7.11 Å². The molecule has 3 rings (SSSR count). The second-order valence-electron chi connectivity index (χ2n) is 9.09. The van der Waals surface area contributed by atoms with Gasteiger partial charge >= 0.3 is 0 Å². The first-order valence-corrected chi connectivity index (χ1v) is 11.8. The van der Waals surface area contributed by atoms with E-state index in [1.807, 2.05) is 0 Å². The van der Waals surface area contributed by atoms with Crippen LogP contribution in [0.4, 0.5) is 0 Å². The summed E-state index contributed by atoms with van der Waals surface area (Å²) in [7, 11) is 1.71. The van der Waals surface area contributed by atoms with Gasteiger partial charge in [0, 0.05) is 31.6 Å². The number of benzene rings is 1. The molecule has 1 aliphatic carbocycles. The van der Waals surface area contributed by atoms with Crippen molar-refractivity contribution in [3.05, 3.63) is 29.8 Å². The maximum absolute atomic E-state index is 12.8. The lowest BCUT2D eigenvalue weighted by Gasteiger charge is -2.38. The van der Waals surface area contributed by atoms with E-state index >= 15 is 0 Å². The predicted molar refractivity (Wildman–Crippen MR) is 127 cm³/mol. The number of halogens is 1. The van der Waals surface area contributed by atoms with E-state index in [9.17, 15) is 4.79 Å². The first-order valence-electron chi connectivity index (χ1n) is 11.8. The highest BCUT2D eigenvalue weighted by Crippen LogP contribution is 2.28. The third kappa shape index (κ3) is 6.88. The van der Waals surface area contributed by atoms with E-state index in [4.69, 9.17) is 4.74 Å². The molecule has 4 nitrogen and oxygen atoms in total. The minimum absolute atomic E-state index is 0. The Balaban J connectivity index is 0.00000320. The van der Waals surface area contributed by atoms with Gasteiger partial charge in [-0.3, -0.25) is 4.79 Å². The molecule has 0 aromatic heterocycles. The summed E-state index contributed by atoms with van der Waals surface area (Å²) >= 11 is 0. The summed E-state index contributed by atoms with van der Waals surface area (Å²) in [4.78, 5) is 17.6. The summed E-state index contributed by atoms with van der Waals surface area (Å²) in [5, 5.41) is 0. The van der Waals surface area contributed by atoms with Crippen LogP contribution >= 0.6 is 12.4 Å². The Bertz CT molecular complexity index is 623. The van der Waals surface area contributed by atoms with Gasteiger partial charge in [0.25, 0.3) is 0 Å². The lowest BCUT2D eigenvalue weighted by molar-refractivity contribution is -0.138. The third-order valence-corrected chi connectivity index (χ3v) is 7.09. The number of likely N-dealkylation sites (tertiary alicyclic amines) is 1. The number of hydrogen-bond acceptors (Lipinski definition) is 3. The molecule has 0 bridgehead atoms. The van der Waals surface area contributed by atoms with Gasteiger partial charge in [-0.25, -0.2) is 0 Å². The second kappa shape index (κ2) is 12.6. The van der Waals surface area contributed by atoms with Crippen molar-refractivity contribution in [1.82, 2.24) is 9.80 Å². The third-order valence-electron chi connectivity index (χ3n) is 7.09. The van der Waals surface area contributed by atoms with Crippen LogP contribution in [0.2, 0.25) is 0 Å². The van der Waals surface area contributed by atoms with Crippen LogP contribution in [0.15, 0.2) is 24.3 Å². The molecular weight excluding hydrogens is 396 g/mol. The standard InChI is InChI=1S/C25H40N2O2.ClH/c1-4-26(20(2)18-21-10-12-24(29-3)13-11-21)19-22-14-16-27(17-15-22)25(28)23-8-6-5-7-9-23;/h10-13,20,22-23H,4-9,14-19H2,1-3H3;1H/t20-;/m0./s1. The fourth-order valence-electron chi connectivity index (χ4n) is 5.13. The second-order valence-corrected chi connectivity index (χ2v) is 9.09. The number of methoxy groups -OCH3 is 1. The number of carbonyl (C=O) groups excluding carboxylic acids is 1. The van der Waals surface area contributed by atoms with Gasteiger partial charge in [0.2, 0.25) is 5.91 Å². The first kappa shape index (κ1) is 25.0. The van der Waals surface area contributed by atoms with E-state index < -0.39 is 0 Å². The van der Waals surface area contributed by atoms with Gasteiger partial charge in [-0.05, 0) is 69.2 Å². The number of rotatable bonds is 8. The van der Waals surface area contributed by atoms with Crippen molar-refractivity contribution in [3.63, 3.8) is 0 Å². The Kier molecular flexibility index (Phi) is 10.5. The number of piperidine rings is 1. The highest BCUT2D eigenvalue weighted by Gasteiger charge is 2.30. The van der Waals surface area contributed by atoms with Crippen LogP contribution in [0.25, 0.3) is 0 Å². The summed E-state index contributed by atoms with van der Waals surface area (Å²) in [6, 6.07) is 8.99. The van der Waals surface area contributed by atoms with Crippen LogP contribution in [0.3, 0.4) is 0 Å². The lowest BCUT2D eigenvalue weighted by Crippen LogP contribution is -2.45. The zero-order valence-corrected chi connectivity index (χ0v) is 20.0. The number of nitrogens with zero attached hydrogens (tertiary/aromatic N) is 2. The Labute approximate surface area is 189 Å². The van der Waals surface area contributed by atoms with E-state index in [1.165, 1.54) is 24.8 Å². The summed E-state index contributed by atoms with van der Waals surface area (Å²) in [5.41, 5.74) is 1.37. The van der Waals surface area contributed by atoms with Crippen LogP contribution in [0, 0.1) is 11.8 Å². The van der Waals surface area contributed by atoms with Crippen LogP contribution in [-0.2, 0) is 11.2 Å². The minimum atomic E-state index is 0. The zero-order chi connectivity index (χ0) is 20.6. The Hall–Kier alpha value is -1.26. The van der Waals surface area contributed by atoms with Gasteiger partial charge < -0.3 is 14.5 Å². The fourth-order valence-corrected chi connectivity index (χ4v) is 5.13. The summed E-state index contributed by atoms with van der Waals surface area (Å²) in [6.45, 7) is 8.77. The van der Waals surface area contributed by atoms with Crippen molar-refractivity contribution in [2.45, 2.75) is 71.3 Å². The quantitative estimate of drug-likeness (QED) is 0.562. The molecule has 1 aromatic carbocycles. The largest absolute Gasteiger partial charge is 0.497 e. The lowest BCUT2D eigenvalue weighted by atomic mass is 9.87. The first-order chi connectivity index (χ1) is 14.1. The highest BCUT2D eigenvalue weighted by molar-refractivity contribution is 5.85. The van der Waals surface area contributed by atoms with Gasteiger partial charge in [-0.2, -0.15) is 0 Å². The molecule has 1 amide bonds. The number of amides is 1. The molecule has 5 heteroatoms. The van der Waals surface area contributed by atoms with Crippen molar-refractivity contribution < 1.29 is 9.53 Å². The summed E-state index contributed by atoms with van der Waals surface area (Å²) in [6.07, 6.45) is 9.41. The van der Waals surface area contributed by atoms with Gasteiger partial charge in [0.1, 0.15) is 5.75 Å². The van der Waals surface area contributed by atoms with E-state index in [2.05, 4.69) is 47.9 Å². The molecule has 0 radical (unpaired) electrons. The molecule has 1 saturated heterocycles. The van der Waals surface area contributed by atoms with E-state index in [0.717, 1.165) is 64.0 Å². The maximum atomic E-state index is 12.8. The summed E-state index contributed by atoms with van der Waals surface area (Å²) < 4.78 is 5.27. The average molecular weight is 437 g/mol. The van der Waals surface area contributed by atoms with Crippen LogP contribution in [0.5, 0.6) is 5.75 Å². The van der Waals surface area contributed by atoms with Crippen LogP contribution in [-0.4, -0.2) is 55.0 Å². The molecule has 0 spiro atoms. The molecule has 30 heavy (non-hydrogen) atoms. The van der Waals surface area contributed by atoms with Crippen LogP contribution < -0.4 is 4.74 Å². The topological polar surface area (TPSA) is 32.8 Å². The monoisotopic (exact) mass is 436 g/mol. The SMILES string of the molecule is CCN(CC1CCN(C(=O)C2CCCCC2)CC1)[C@@H](C)Cc1ccc(OC)cc1.Cl. The van der Waals surface area contributed by atoms with Gasteiger partial charge in [0.05, 0.1) is 7.11 Å². The Morgan fingerprint density at radius 2 is 1.73 bits per heavy atom.